The van der Waals surface area contributed by atoms with E-state index in [0.717, 1.165) is 50.1 Å². The lowest BCUT2D eigenvalue weighted by Gasteiger charge is -2.37. The van der Waals surface area contributed by atoms with Gasteiger partial charge in [0.15, 0.2) is 0 Å². The van der Waals surface area contributed by atoms with Crippen molar-refractivity contribution in [3.8, 4) is 0 Å². The standard InChI is InChI=1S/2C17H30O/c2*1-4-17(2,3)16-12-10-15(11-13-16)9-7-5-6-8-14-18/h2*9,14,16H,4-8,10-13H2,1-3H3. The van der Waals surface area contributed by atoms with Crippen LogP contribution in [-0.2, 0) is 9.59 Å². The lowest BCUT2D eigenvalue weighted by Crippen LogP contribution is -2.25. The summed E-state index contributed by atoms with van der Waals surface area (Å²) in [5.74, 6) is 1.82. The molecule has 0 aromatic carbocycles. The molecule has 0 radical (unpaired) electrons. The van der Waals surface area contributed by atoms with Gasteiger partial charge in [0.1, 0.15) is 12.6 Å². The van der Waals surface area contributed by atoms with E-state index in [1.807, 2.05) is 0 Å². The van der Waals surface area contributed by atoms with Crippen LogP contribution in [0.4, 0.5) is 0 Å². The molecule has 208 valence electrons. The van der Waals surface area contributed by atoms with Gasteiger partial charge in [-0.25, -0.2) is 0 Å². The van der Waals surface area contributed by atoms with Crippen LogP contribution in [0.5, 0.6) is 0 Å². The van der Waals surface area contributed by atoms with Gasteiger partial charge in [0, 0.05) is 12.8 Å². The van der Waals surface area contributed by atoms with Crippen molar-refractivity contribution < 1.29 is 9.59 Å². The molecule has 0 spiro atoms. The summed E-state index contributed by atoms with van der Waals surface area (Å²) < 4.78 is 0. The molecule has 0 aromatic heterocycles. The predicted octanol–water partition coefficient (Wildman–Crippen LogP) is 10.6. The SMILES string of the molecule is CCC(C)(C)C1CCC(=CCCCCC=O)CC1.CCC(C)(C)C1CCC(=CCCCCC=O)CC1. The van der Waals surface area contributed by atoms with Crippen LogP contribution in [0.15, 0.2) is 23.3 Å². The van der Waals surface area contributed by atoms with Gasteiger partial charge in [0.05, 0.1) is 0 Å². The van der Waals surface area contributed by atoms with Crippen LogP contribution in [0, 0.1) is 22.7 Å². The van der Waals surface area contributed by atoms with Gasteiger partial charge >= 0.3 is 0 Å². The maximum absolute atomic E-state index is 10.2. The van der Waals surface area contributed by atoms with E-state index in [1.165, 1.54) is 89.9 Å². The maximum Gasteiger partial charge on any atom is 0.119 e. The zero-order chi connectivity index (χ0) is 26.9. The van der Waals surface area contributed by atoms with Crippen LogP contribution >= 0.6 is 0 Å². The molecular weight excluding hydrogens is 440 g/mol. The van der Waals surface area contributed by atoms with Gasteiger partial charge in [-0.3, -0.25) is 0 Å². The number of carbonyl (C=O) groups is 2. The highest BCUT2D eigenvalue weighted by Crippen LogP contribution is 2.43. The number of aldehydes is 2. The molecule has 2 rings (SSSR count). The van der Waals surface area contributed by atoms with Crippen molar-refractivity contribution in [2.45, 2.75) is 157 Å². The normalized spacial score (nSPS) is 20.8. The van der Waals surface area contributed by atoms with E-state index >= 15 is 0 Å². The lowest BCUT2D eigenvalue weighted by atomic mass is 9.69. The van der Waals surface area contributed by atoms with Gasteiger partial charge in [0.25, 0.3) is 0 Å². The predicted molar refractivity (Wildman–Crippen MR) is 157 cm³/mol. The molecule has 2 aliphatic carbocycles. The van der Waals surface area contributed by atoms with E-state index in [0.29, 0.717) is 10.8 Å². The first-order valence-corrected chi connectivity index (χ1v) is 15.4. The molecule has 2 saturated carbocycles. The zero-order valence-electron chi connectivity index (χ0n) is 25.0. The minimum Gasteiger partial charge on any atom is -0.303 e. The molecule has 0 aliphatic heterocycles. The van der Waals surface area contributed by atoms with E-state index < -0.39 is 0 Å². The summed E-state index contributed by atoms with van der Waals surface area (Å²) in [6.07, 6.45) is 28.5. The monoisotopic (exact) mass is 500 g/mol. The molecule has 0 saturated heterocycles. The van der Waals surface area contributed by atoms with Gasteiger partial charge in [-0.1, -0.05) is 77.7 Å². The van der Waals surface area contributed by atoms with Crippen LogP contribution in [0.3, 0.4) is 0 Å². The Labute approximate surface area is 225 Å². The fraction of sp³-hybridized carbons (Fsp3) is 0.824. The topological polar surface area (TPSA) is 34.1 Å². The molecule has 0 heterocycles. The minimum atomic E-state index is 0.523. The molecule has 2 aliphatic rings. The molecule has 0 unspecified atom stereocenters. The summed E-state index contributed by atoms with van der Waals surface area (Å²) in [5.41, 5.74) is 4.39. The van der Waals surface area contributed by atoms with E-state index in [2.05, 4.69) is 53.7 Å². The van der Waals surface area contributed by atoms with E-state index in [9.17, 15) is 9.59 Å². The van der Waals surface area contributed by atoms with Gasteiger partial charge in [-0.15, -0.1) is 0 Å². The Hall–Kier alpha value is -1.18. The van der Waals surface area contributed by atoms with Crippen molar-refractivity contribution >= 4 is 12.6 Å². The maximum atomic E-state index is 10.2. The van der Waals surface area contributed by atoms with Crippen molar-refractivity contribution in [1.82, 2.24) is 0 Å². The third kappa shape index (κ3) is 12.9. The molecule has 2 nitrogen and oxygen atoms in total. The highest BCUT2D eigenvalue weighted by atomic mass is 16.1. The first-order chi connectivity index (χ1) is 17.2. The highest BCUT2D eigenvalue weighted by Gasteiger charge is 2.30. The molecule has 2 heteroatoms. The third-order valence-corrected chi connectivity index (χ3v) is 9.71. The summed E-state index contributed by atoms with van der Waals surface area (Å²) in [5, 5.41) is 0. The van der Waals surface area contributed by atoms with E-state index in [1.54, 1.807) is 11.1 Å². The van der Waals surface area contributed by atoms with Crippen molar-refractivity contribution in [2.75, 3.05) is 0 Å². The first-order valence-electron chi connectivity index (χ1n) is 15.4. The number of hydrogen-bond acceptors (Lipinski definition) is 2. The van der Waals surface area contributed by atoms with Crippen LogP contribution < -0.4 is 0 Å². The largest absolute Gasteiger partial charge is 0.303 e. The van der Waals surface area contributed by atoms with E-state index in [4.69, 9.17) is 0 Å². The Bertz CT molecular complexity index is 589. The van der Waals surface area contributed by atoms with Crippen molar-refractivity contribution in [3.05, 3.63) is 23.3 Å². The Balaban J connectivity index is 0.000000360. The third-order valence-electron chi connectivity index (χ3n) is 9.71. The average Bonchev–Trinajstić information content (AvgIpc) is 2.89. The number of unbranched alkanes of at least 4 members (excludes halogenated alkanes) is 6. The fourth-order valence-corrected chi connectivity index (χ4v) is 5.88. The minimum absolute atomic E-state index is 0.523. The lowest BCUT2D eigenvalue weighted by molar-refractivity contribution is -0.108. The van der Waals surface area contributed by atoms with Crippen molar-refractivity contribution in [1.29, 1.82) is 0 Å². The number of carbonyl (C=O) groups excluding carboxylic acids is 2. The summed E-state index contributed by atoms with van der Waals surface area (Å²) in [7, 11) is 0. The highest BCUT2D eigenvalue weighted by molar-refractivity contribution is 5.49. The smallest absolute Gasteiger partial charge is 0.119 e. The summed E-state index contributed by atoms with van der Waals surface area (Å²) in [6.45, 7) is 14.3. The zero-order valence-corrected chi connectivity index (χ0v) is 25.0. The fourth-order valence-electron chi connectivity index (χ4n) is 5.88. The summed E-state index contributed by atoms with van der Waals surface area (Å²) in [6, 6.07) is 0. The average molecular weight is 501 g/mol. The molecule has 36 heavy (non-hydrogen) atoms. The molecule has 0 aromatic rings. The number of allylic oxidation sites excluding steroid dienone is 4. The van der Waals surface area contributed by atoms with Crippen molar-refractivity contribution in [3.63, 3.8) is 0 Å². The van der Waals surface area contributed by atoms with Gasteiger partial charge in [0.2, 0.25) is 0 Å². The van der Waals surface area contributed by atoms with Crippen LogP contribution in [0.2, 0.25) is 0 Å². The second kappa shape index (κ2) is 18.1. The molecule has 0 amide bonds. The van der Waals surface area contributed by atoms with Crippen LogP contribution in [-0.4, -0.2) is 12.6 Å². The molecule has 2 fully saturated rings. The Morgan fingerprint density at radius 2 is 0.889 bits per heavy atom. The van der Waals surface area contributed by atoms with Crippen molar-refractivity contribution in [2.24, 2.45) is 22.7 Å². The number of rotatable bonds is 14. The van der Waals surface area contributed by atoms with Gasteiger partial charge in [-0.2, -0.15) is 0 Å². The van der Waals surface area contributed by atoms with Gasteiger partial charge < -0.3 is 9.59 Å². The molecule has 0 N–H and O–H groups in total. The molecule has 0 bridgehead atoms. The van der Waals surface area contributed by atoms with Gasteiger partial charge in [-0.05, 0) is 113 Å². The number of hydrogen-bond donors (Lipinski definition) is 0. The van der Waals surface area contributed by atoms with Crippen LogP contribution in [0.1, 0.15) is 157 Å². The summed E-state index contributed by atoms with van der Waals surface area (Å²) in [4.78, 5) is 20.4. The quantitative estimate of drug-likeness (QED) is 0.135. The second-order valence-corrected chi connectivity index (χ2v) is 12.9. The molecule has 0 atom stereocenters. The Morgan fingerprint density at radius 1 is 0.583 bits per heavy atom. The van der Waals surface area contributed by atoms with Crippen LogP contribution in [0.25, 0.3) is 0 Å². The second-order valence-electron chi connectivity index (χ2n) is 12.9. The Kier molecular flexibility index (Phi) is 16.5. The first kappa shape index (κ1) is 32.8. The Morgan fingerprint density at radius 3 is 1.17 bits per heavy atom. The van der Waals surface area contributed by atoms with E-state index in [-0.39, 0.29) is 0 Å². The summed E-state index contributed by atoms with van der Waals surface area (Å²) >= 11 is 0. The molecular formula is C34H60O2.